The number of nitrogens with zero attached hydrogens (tertiary/aromatic N) is 5. The number of alkyl halides is 1. The number of likely N-dealkylation sites (N-methyl/N-ethyl adjacent to an activating group) is 1. The first-order valence-corrected chi connectivity index (χ1v) is 13.9. The van der Waals surface area contributed by atoms with E-state index < -0.39 is 0 Å². The van der Waals surface area contributed by atoms with Crippen LogP contribution >= 0.6 is 11.6 Å². The van der Waals surface area contributed by atoms with E-state index in [1.54, 1.807) is 10.7 Å². The molecule has 0 unspecified atom stereocenters. The van der Waals surface area contributed by atoms with Crippen LogP contribution < -0.4 is 5.32 Å². The van der Waals surface area contributed by atoms with Crippen LogP contribution in [0.1, 0.15) is 42.6 Å². The van der Waals surface area contributed by atoms with E-state index >= 15 is 0 Å². The van der Waals surface area contributed by atoms with E-state index in [1.165, 1.54) is 0 Å². The Hall–Kier alpha value is -3.49. The van der Waals surface area contributed by atoms with Crippen molar-refractivity contribution in [3.63, 3.8) is 0 Å². The molecule has 0 saturated carbocycles. The minimum Gasteiger partial charge on any atom is -0.369 e. The fourth-order valence-corrected chi connectivity index (χ4v) is 4.56. The fourth-order valence-electron chi connectivity index (χ4n) is 4.43. The van der Waals surface area contributed by atoms with Crippen molar-refractivity contribution in [2.24, 2.45) is 0 Å². The monoisotopic (exact) mass is 550 g/mol. The van der Waals surface area contributed by atoms with Gasteiger partial charge in [0.25, 0.3) is 5.91 Å². The van der Waals surface area contributed by atoms with Crippen molar-refractivity contribution in [1.82, 2.24) is 24.4 Å². The highest BCUT2D eigenvalue weighted by Crippen LogP contribution is 2.22. The number of rotatable bonds is 14. The Balaban J connectivity index is 1.52. The molecule has 0 bridgehead atoms. The van der Waals surface area contributed by atoms with E-state index in [9.17, 15) is 9.18 Å². The minimum absolute atomic E-state index is 0.0142. The summed E-state index contributed by atoms with van der Waals surface area (Å²) in [6, 6.07) is 19.0. The zero-order valence-corrected chi connectivity index (χ0v) is 23.4. The molecule has 39 heavy (non-hydrogen) atoms. The molecule has 0 atom stereocenters. The molecule has 9 heteroatoms. The van der Waals surface area contributed by atoms with Gasteiger partial charge < -0.3 is 15.1 Å². The van der Waals surface area contributed by atoms with E-state index in [0.717, 1.165) is 48.5 Å². The number of benzene rings is 2. The second-order valence-electron chi connectivity index (χ2n) is 9.41. The van der Waals surface area contributed by atoms with Crippen LogP contribution in [0.15, 0.2) is 66.9 Å². The van der Waals surface area contributed by atoms with Crippen LogP contribution in [-0.4, -0.2) is 69.7 Å². The highest BCUT2D eigenvalue weighted by molar-refractivity contribution is 6.30. The van der Waals surface area contributed by atoms with Gasteiger partial charge in [0.05, 0.1) is 18.6 Å². The number of hydrogen-bond donors (Lipinski definition) is 1. The summed E-state index contributed by atoms with van der Waals surface area (Å²) in [5.74, 6) is 0.693. The number of amides is 1. The van der Waals surface area contributed by atoms with Crippen molar-refractivity contribution in [2.75, 3.05) is 44.7 Å². The molecule has 0 aliphatic carbocycles. The van der Waals surface area contributed by atoms with Crippen LogP contribution in [0, 0.1) is 0 Å². The maximum atomic E-state index is 13.6. The summed E-state index contributed by atoms with van der Waals surface area (Å²) in [4.78, 5) is 22.3. The van der Waals surface area contributed by atoms with Crippen molar-refractivity contribution in [3.8, 4) is 11.3 Å². The van der Waals surface area contributed by atoms with Crippen LogP contribution in [0.2, 0.25) is 5.02 Å². The number of carbonyl (C=O) groups excluding carboxylic acids is 1. The second-order valence-corrected chi connectivity index (χ2v) is 9.85. The Labute approximate surface area is 234 Å². The Morgan fingerprint density at radius 1 is 0.974 bits per heavy atom. The molecule has 4 aromatic rings. The van der Waals surface area contributed by atoms with Crippen molar-refractivity contribution < 1.29 is 9.18 Å². The van der Waals surface area contributed by atoms with Crippen LogP contribution in [0.25, 0.3) is 16.9 Å². The lowest BCUT2D eigenvalue weighted by Crippen LogP contribution is -2.38. The largest absolute Gasteiger partial charge is 0.369 e. The Morgan fingerprint density at radius 2 is 1.72 bits per heavy atom. The molecule has 0 aliphatic heterocycles. The molecule has 206 valence electrons. The molecule has 2 heterocycles. The molecular formula is C30H36ClFN6O. The molecule has 0 saturated heterocycles. The molecule has 0 aliphatic rings. The predicted octanol–water partition coefficient (Wildman–Crippen LogP) is 6.20. The fraction of sp³-hybridized carbons (Fsp3) is 0.367. The normalized spacial score (nSPS) is 11.3. The van der Waals surface area contributed by atoms with E-state index in [2.05, 4.69) is 34.1 Å². The summed E-state index contributed by atoms with van der Waals surface area (Å²) in [5, 5.41) is 8.58. The van der Waals surface area contributed by atoms with Gasteiger partial charge in [0, 0.05) is 42.3 Å². The van der Waals surface area contributed by atoms with E-state index in [-0.39, 0.29) is 12.6 Å². The minimum atomic E-state index is -0.312. The third kappa shape index (κ3) is 7.55. The Bertz CT molecular complexity index is 1340. The highest BCUT2D eigenvalue weighted by Gasteiger charge is 2.18. The van der Waals surface area contributed by atoms with Crippen LogP contribution in [-0.2, 0) is 6.54 Å². The maximum absolute atomic E-state index is 13.6. The smallest absolute Gasteiger partial charge is 0.254 e. The molecular weight excluding hydrogens is 515 g/mol. The molecule has 0 fully saturated rings. The van der Waals surface area contributed by atoms with E-state index in [1.807, 2.05) is 65.6 Å². The van der Waals surface area contributed by atoms with Crippen molar-refractivity contribution in [1.29, 1.82) is 0 Å². The summed E-state index contributed by atoms with van der Waals surface area (Å²) in [6.45, 7) is 8.44. The number of aromatic nitrogens is 3. The molecule has 2 aromatic heterocycles. The third-order valence-corrected chi connectivity index (χ3v) is 7.06. The van der Waals surface area contributed by atoms with Crippen molar-refractivity contribution >= 4 is 29.0 Å². The maximum Gasteiger partial charge on any atom is 0.254 e. The number of fused-ring (bicyclic) bond motifs is 1. The topological polar surface area (TPSA) is 65.8 Å². The lowest BCUT2D eigenvalue weighted by molar-refractivity contribution is 0.0724. The number of anilines is 1. The number of carbonyl (C=O) groups is 1. The van der Waals surface area contributed by atoms with Gasteiger partial charge in [-0.05, 0) is 67.9 Å². The van der Waals surface area contributed by atoms with Crippen LogP contribution in [0.4, 0.5) is 10.2 Å². The summed E-state index contributed by atoms with van der Waals surface area (Å²) < 4.78 is 14.2. The number of imidazole rings is 1. The number of halogens is 2. The van der Waals surface area contributed by atoms with Gasteiger partial charge in [-0.1, -0.05) is 49.7 Å². The average Bonchev–Trinajstić information content (AvgIpc) is 3.39. The summed E-state index contributed by atoms with van der Waals surface area (Å²) in [7, 11) is 0. The number of nitrogens with one attached hydrogen (secondary N) is 1. The summed E-state index contributed by atoms with van der Waals surface area (Å²) in [5.41, 5.74) is 4.13. The first kappa shape index (κ1) is 28.5. The first-order chi connectivity index (χ1) is 19.0. The molecule has 1 amide bonds. The summed E-state index contributed by atoms with van der Waals surface area (Å²) in [6.07, 6.45) is 3.05. The van der Waals surface area contributed by atoms with Gasteiger partial charge in [0.15, 0.2) is 5.65 Å². The quantitative estimate of drug-likeness (QED) is 0.189. The van der Waals surface area contributed by atoms with Crippen LogP contribution in [0.3, 0.4) is 0 Å². The third-order valence-electron chi connectivity index (χ3n) is 6.81. The number of unbranched alkanes of at least 4 members (excludes halogenated alkanes) is 1. The molecule has 1 N–H and O–H groups in total. The summed E-state index contributed by atoms with van der Waals surface area (Å²) >= 11 is 6.07. The standard InChI is InChI=1S/C30H36ClFN6O/c1-3-36(4-2)19-20-37(22-23-7-13-26(31)14-8-23)30(39)25-11-9-24(10-12-25)27-21-34-29-16-15-28(35-38(27)29)33-18-6-5-17-32/h7-16,21H,3-6,17-20,22H2,1-2H3,(H,33,35). The van der Waals surface area contributed by atoms with Gasteiger partial charge in [0.1, 0.15) is 5.82 Å². The first-order valence-electron chi connectivity index (χ1n) is 13.5. The Kier molecular flexibility index (Phi) is 10.3. The van der Waals surface area contributed by atoms with Gasteiger partial charge in [0.2, 0.25) is 0 Å². The Morgan fingerprint density at radius 3 is 2.41 bits per heavy atom. The highest BCUT2D eigenvalue weighted by atomic mass is 35.5. The lowest BCUT2D eigenvalue weighted by Gasteiger charge is -2.27. The molecule has 7 nitrogen and oxygen atoms in total. The van der Waals surface area contributed by atoms with Crippen molar-refractivity contribution in [2.45, 2.75) is 33.2 Å². The zero-order valence-electron chi connectivity index (χ0n) is 22.6. The van der Waals surface area contributed by atoms with Crippen molar-refractivity contribution in [3.05, 3.63) is 83.0 Å². The lowest BCUT2D eigenvalue weighted by atomic mass is 10.1. The van der Waals surface area contributed by atoms with Gasteiger partial charge >= 0.3 is 0 Å². The molecule has 4 rings (SSSR count). The zero-order chi connectivity index (χ0) is 27.6. The molecule has 2 aromatic carbocycles. The van der Waals surface area contributed by atoms with Gasteiger partial charge in [-0.2, -0.15) is 0 Å². The second kappa shape index (κ2) is 14.1. The average molecular weight is 551 g/mol. The van der Waals surface area contributed by atoms with Crippen LogP contribution in [0.5, 0.6) is 0 Å². The molecule has 0 spiro atoms. The SMILES string of the molecule is CCN(CC)CCN(Cc1ccc(Cl)cc1)C(=O)c1ccc(-c2cnc3ccc(NCCCCF)nn23)cc1. The van der Waals surface area contributed by atoms with Gasteiger partial charge in [-0.3, -0.25) is 9.18 Å². The predicted molar refractivity (Wildman–Crippen MR) is 156 cm³/mol. The van der Waals surface area contributed by atoms with Gasteiger partial charge in [-0.25, -0.2) is 9.50 Å². The molecule has 0 radical (unpaired) electrons. The van der Waals surface area contributed by atoms with E-state index in [0.29, 0.717) is 42.5 Å². The number of hydrogen-bond acceptors (Lipinski definition) is 5. The van der Waals surface area contributed by atoms with Gasteiger partial charge in [-0.15, -0.1) is 5.10 Å². The van der Waals surface area contributed by atoms with E-state index in [4.69, 9.17) is 11.6 Å².